The van der Waals surface area contributed by atoms with Crippen LogP contribution in [0, 0.1) is 11.8 Å². The van der Waals surface area contributed by atoms with E-state index < -0.39 is 0 Å². The number of ether oxygens (including phenoxy) is 2. The van der Waals surface area contributed by atoms with Crippen molar-refractivity contribution in [2.24, 2.45) is 11.8 Å². The van der Waals surface area contributed by atoms with Gasteiger partial charge in [0, 0.05) is 6.42 Å². The van der Waals surface area contributed by atoms with Crippen LogP contribution in [0.15, 0.2) is 0 Å². The standard InChI is InChI=1S/C25H49IO2/c1-6-7-8-9-10-11-12-13-14-15-16-17-18-22(26)25-27-23(20(2)3)19-24(28-25)21(4)5/h20-25H,6-19H2,1-5H3/t22-,23-,24-/m1/s1. The average Bonchev–Trinajstić information content (AvgIpc) is 2.68. The van der Waals surface area contributed by atoms with Crippen molar-refractivity contribution in [2.45, 2.75) is 147 Å². The highest BCUT2D eigenvalue weighted by Gasteiger charge is 2.36. The first-order valence-electron chi connectivity index (χ1n) is 12.4. The predicted octanol–water partition coefficient (Wildman–Crippen LogP) is 8.69. The molecule has 0 aromatic heterocycles. The minimum Gasteiger partial charge on any atom is -0.348 e. The number of unbranched alkanes of at least 4 members (excludes halogenated alkanes) is 11. The Labute approximate surface area is 190 Å². The Kier molecular flexibility index (Phi) is 15.6. The summed E-state index contributed by atoms with van der Waals surface area (Å²) in [7, 11) is 0. The third-order valence-corrected chi connectivity index (χ3v) is 7.41. The molecule has 0 radical (unpaired) electrons. The molecule has 0 saturated carbocycles. The largest absolute Gasteiger partial charge is 0.348 e. The number of halogens is 1. The molecule has 0 aromatic rings. The van der Waals surface area contributed by atoms with Crippen LogP contribution in [0.4, 0.5) is 0 Å². The molecule has 2 nitrogen and oxygen atoms in total. The van der Waals surface area contributed by atoms with E-state index in [0.717, 1.165) is 6.42 Å². The summed E-state index contributed by atoms with van der Waals surface area (Å²) in [5.74, 6) is 1.14. The molecule has 1 heterocycles. The molecule has 1 aliphatic heterocycles. The average molecular weight is 509 g/mol. The molecule has 3 atom stereocenters. The summed E-state index contributed by atoms with van der Waals surface area (Å²) < 4.78 is 13.1. The first-order chi connectivity index (χ1) is 13.5. The third kappa shape index (κ3) is 11.7. The van der Waals surface area contributed by atoms with Crippen molar-refractivity contribution in [3.8, 4) is 0 Å². The fraction of sp³-hybridized carbons (Fsp3) is 1.00. The van der Waals surface area contributed by atoms with E-state index in [9.17, 15) is 0 Å². The second kappa shape index (κ2) is 16.4. The molecular formula is C25H49IO2. The Balaban J connectivity index is 2.08. The number of hydrogen-bond acceptors (Lipinski definition) is 2. The Morgan fingerprint density at radius 2 is 1.07 bits per heavy atom. The van der Waals surface area contributed by atoms with E-state index >= 15 is 0 Å². The maximum absolute atomic E-state index is 6.32. The van der Waals surface area contributed by atoms with Crippen molar-refractivity contribution in [3.05, 3.63) is 0 Å². The molecule has 1 fully saturated rings. The van der Waals surface area contributed by atoms with Crippen LogP contribution in [0.3, 0.4) is 0 Å². The number of alkyl halides is 1. The summed E-state index contributed by atoms with van der Waals surface area (Å²) in [4.78, 5) is 0. The first-order valence-corrected chi connectivity index (χ1v) is 13.6. The molecule has 1 saturated heterocycles. The lowest BCUT2D eigenvalue weighted by Crippen LogP contribution is -2.46. The van der Waals surface area contributed by atoms with Crippen molar-refractivity contribution in [1.29, 1.82) is 0 Å². The van der Waals surface area contributed by atoms with Crippen molar-refractivity contribution < 1.29 is 9.47 Å². The Bertz CT molecular complexity index is 342. The van der Waals surface area contributed by atoms with E-state index in [0.29, 0.717) is 28.0 Å². The van der Waals surface area contributed by atoms with Crippen LogP contribution in [-0.4, -0.2) is 22.4 Å². The fourth-order valence-electron chi connectivity index (χ4n) is 4.06. The minimum absolute atomic E-state index is 0.0122. The smallest absolute Gasteiger partial charge is 0.169 e. The summed E-state index contributed by atoms with van der Waals surface area (Å²) in [6.07, 6.45) is 19.9. The quantitative estimate of drug-likeness (QED) is 0.118. The van der Waals surface area contributed by atoms with Crippen molar-refractivity contribution in [2.75, 3.05) is 0 Å². The van der Waals surface area contributed by atoms with Gasteiger partial charge in [0.1, 0.15) is 0 Å². The molecular weight excluding hydrogens is 459 g/mol. The van der Waals surface area contributed by atoms with Crippen molar-refractivity contribution >= 4 is 22.6 Å². The molecule has 1 rings (SSSR count). The second-order valence-electron chi connectivity index (χ2n) is 9.63. The summed E-state index contributed by atoms with van der Waals surface area (Å²) in [5, 5.41) is 0. The van der Waals surface area contributed by atoms with Crippen molar-refractivity contribution in [3.63, 3.8) is 0 Å². The van der Waals surface area contributed by atoms with Gasteiger partial charge < -0.3 is 9.47 Å². The molecule has 0 amide bonds. The SMILES string of the molecule is CCCCCCCCCCCCCC[C@@H](I)C1O[C@@H](C(C)C)C[C@H](C(C)C)O1. The van der Waals surface area contributed by atoms with Gasteiger partial charge in [0.15, 0.2) is 6.29 Å². The molecule has 0 spiro atoms. The Morgan fingerprint density at radius 3 is 1.46 bits per heavy atom. The van der Waals surface area contributed by atoms with E-state index in [2.05, 4.69) is 57.2 Å². The maximum Gasteiger partial charge on any atom is 0.169 e. The van der Waals surface area contributed by atoms with Gasteiger partial charge in [-0.05, 0) is 18.3 Å². The summed E-state index contributed by atoms with van der Waals surface area (Å²) in [6, 6.07) is 0. The lowest BCUT2D eigenvalue weighted by molar-refractivity contribution is -0.256. The highest BCUT2D eigenvalue weighted by Crippen LogP contribution is 2.32. The molecule has 1 aliphatic rings. The minimum atomic E-state index is -0.0122. The zero-order valence-corrected chi connectivity index (χ0v) is 21.7. The third-order valence-electron chi connectivity index (χ3n) is 6.20. The lowest BCUT2D eigenvalue weighted by Gasteiger charge is -2.41. The van der Waals surface area contributed by atoms with E-state index in [1.54, 1.807) is 0 Å². The molecule has 168 valence electrons. The van der Waals surface area contributed by atoms with Crippen LogP contribution in [-0.2, 0) is 9.47 Å². The summed E-state index contributed by atoms with van der Waals surface area (Å²) >= 11 is 2.57. The van der Waals surface area contributed by atoms with Gasteiger partial charge in [-0.25, -0.2) is 0 Å². The van der Waals surface area contributed by atoms with Crippen LogP contribution < -0.4 is 0 Å². The van der Waals surface area contributed by atoms with Crippen LogP contribution in [0.2, 0.25) is 0 Å². The lowest BCUT2D eigenvalue weighted by atomic mass is 9.93. The highest BCUT2D eigenvalue weighted by atomic mass is 127. The Hall–Kier alpha value is 0.650. The normalized spacial score (nSPS) is 24.2. The van der Waals surface area contributed by atoms with E-state index in [-0.39, 0.29) is 6.29 Å². The molecule has 0 unspecified atom stereocenters. The summed E-state index contributed by atoms with van der Waals surface area (Å²) in [6.45, 7) is 11.4. The van der Waals surface area contributed by atoms with Crippen molar-refractivity contribution in [1.82, 2.24) is 0 Å². The zero-order valence-electron chi connectivity index (χ0n) is 19.6. The maximum atomic E-state index is 6.32. The highest BCUT2D eigenvalue weighted by molar-refractivity contribution is 14.1. The van der Waals surface area contributed by atoms with Crippen LogP contribution in [0.5, 0.6) is 0 Å². The van der Waals surface area contributed by atoms with Gasteiger partial charge in [0.25, 0.3) is 0 Å². The molecule has 0 aromatic carbocycles. The van der Waals surface area contributed by atoms with Crippen LogP contribution in [0.1, 0.15) is 125 Å². The number of hydrogen-bond donors (Lipinski definition) is 0. The molecule has 0 aliphatic carbocycles. The van der Waals surface area contributed by atoms with E-state index in [1.165, 1.54) is 83.5 Å². The molecule has 28 heavy (non-hydrogen) atoms. The topological polar surface area (TPSA) is 18.5 Å². The molecule has 0 N–H and O–H groups in total. The molecule has 0 bridgehead atoms. The zero-order chi connectivity index (χ0) is 20.8. The van der Waals surface area contributed by atoms with Gasteiger partial charge in [0.2, 0.25) is 0 Å². The van der Waals surface area contributed by atoms with Gasteiger partial charge in [-0.15, -0.1) is 0 Å². The second-order valence-corrected chi connectivity index (χ2v) is 11.2. The van der Waals surface area contributed by atoms with Gasteiger partial charge >= 0.3 is 0 Å². The number of rotatable bonds is 16. The van der Waals surface area contributed by atoms with Crippen LogP contribution in [0.25, 0.3) is 0 Å². The van der Waals surface area contributed by atoms with Crippen LogP contribution >= 0.6 is 22.6 Å². The van der Waals surface area contributed by atoms with E-state index in [1.807, 2.05) is 0 Å². The fourth-order valence-corrected chi connectivity index (χ4v) is 4.84. The monoisotopic (exact) mass is 508 g/mol. The van der Waals surface area contributed by atoms with Gasteiger partial charge in [-0.1, -0.05) is 134 Å². The predicted molar refractivity (Wildman–Crippen MR) is 131 cm³/mol. The van der Waals surface area contributed by atoms with Gasteiger partial charge in [-0.3, -0.25) is 0 Å². The summed E-state index contributed by atoms with van der Waals surface area (Å²) in [5.41, 5.74) is 0. The van der Waals surface area contributed by atoms with Gasteiger partial charge in [0.05, 0.1) is 16.1 Å². The van der Waals surface area contributed by atoms with Gasteiger partial charge in [-0.2, -0.15) is 0 Å². The van der Waals surface area contributed by atoms with E-state index in [4.69, 9.17) is 9.47 Å². The molecule has 3 heteroatoms. The Morgan fingerprint density at radius 1 is 0.679 bits per heavy atom. The first kappa shape index (κ1) is 26.7.